The topological polar surface area (TPSA) is 129 Å². The van der Waals surface area contributed by atoms with Crippen LogP contribution in [0.3, 0.4) is 0 Å². The lowest BCUT2D eigenvalue weighted by molar-refractivity contribution is -0.242. The molecule has 0 radical (unpaired) electrons. The fraction of sp³-hybridized carbons (Fsp3) is 0.345. The zero-order chi connectivity index (χ0) is 31.4. The van der Waals surface area contributed by atoms with Gasteiger partial charge in [-0.2, -0.15) is 23.3 Å². The minimum absolute atomic E-state index is 0.246. The van der Waals surface area contributed by atoms with Crippen molar-refractivity contribution in [2.24, 2.45) is 0 Å². The maximum atomic E-state index is 12.7. The Morgan fingerprint density at radius 3 is 2.57 bits per heavy atom. The van der Waals surface area contributed by atoms with Crippen molar-refractivity contribution in [3.63, 3.8) is 0 Å². The summed E-state index contributed by atoms with van der Waals surface area (Å²) in [5.74, 6) is -1.52. The van der Waals surface area contributed by atoms with Gasteiger partial charge in [0.2, 0.25) is 0 Å². The average molecular weight is 613 g/mol. The van der Waals surface area contributed by atoms with Crippen molar-refractivity contribution in [1.82, 2.24) is 30.1 Å². The molecule has 1 aliphatic heterocycles. The number of hydrogen-bond donors (Lipinski definition) is 2. The maximum Gasteiger partial charge on any atom is 0.493 e. The van der Waals surface area contributed by atoms with Crippen LogP contribution in [0.5, 0.6) is 5.75 Å². The molecule has 5 rings (SSSR count). The van der Waals surface area contributed by atoms with Gasteiger partial charge in [-0.25, -0.2) is 14.8 Å². The molecule has 0 spiro atoms. The van der Waals surface area contributed by atoms with E-state index in [1.807, 2.05) is 24.3 Å². The molecule has 2 aromatic heterocycles. The molecule has 232 valence electrons. The number of aromatic amines is 1. The molecule has 0 atom stereocenters. The number of rotatable bonds is 8. The lowest BCUT2D eigenvalue weighted by atomic mass is 10.2. The monoisotopic (exact) mass is 612 g/mol. The van der Waals surface area contributed by atoms with Crippen LogP contribution in [-0.2, 0) is 14.4 Å². The molecule has 1 aliphatic rings. The number of nitrogens with one attached hydrogen (secondary N) is 2. The van der Waals surface area contributed by atoms with Crippen LogP contribution in [0.1, 0.15) is 13.8 Å². The lowest BCUT2D eigenvalue weighted by Gasteiger charge is -2.33. The van der Waals surface area contributed by atoms with Crippen LogP contribution in [-0.4, -0.2) is 94.1 Å². The smallest absolute Gasteiger partial charge is 0.484 e. The number of halogens is 3. The fourth-order valence-corrected chi connectivity index (χ4v) is 4.51. The number of benzene rings is 2. The van der Waals surface area contributed by atoms with Crippen molar-refractivity contribution in [2.45, 2.75) is 26.1 Å². The quantitative estimate of drug-likeness (QED) is 0.280. The molecule has 12 nitrogen and oxygen atoms in total. The summed E-state index contributed by atoms with van der Waals surface area (Å²) in [6.07, 6.45) is -3.51. The van der Waals surface area contributed by atoms with E-state index >= 15 is 0 Å². The summed E-state index contributed by atoms with van der Waals surface area (Å²) >= 11 is 0. The van der Waals surface area contributed by atoms with Crippen LogP contribution >= 0.6 is 0 Å². The highest BCUT2D eigenvalue weighted by Gasteiger charge is 2.43. The number of anilines is 3. The SMILES string of the molecule is CC(C)N(OC(=O)C(F)(F)F)C(=O)COc1cccc(-c2nc(Nc3ccc4[nH]ncc4c3)cc(N3CCN(C)CC3)n2)c1. The number of fused-ring (bicyclic) bond motifs is 1. The fourth-order valence-electron chi connectivity index (χ4n) is 4.51. The minimum atomic E-state index is -5.25. The van der Waals surface area contributed by atoms with E-state index < -0.39 is 30.7 Å². The van der Waals surface area contributed by atoms with Gasteiger partial charge in [0.05, 0.1) is 17.8 Å². The highest BCUT2D eigenvalue weighted by atomic mass is 19.4. The normalized spacial score (nSPS) is 14.1. The summed E-state index contributed by atoms with van der Waals surface area (Å²) in [6, 6.07) is 13.5. The molecule has 4 aromatic rings. The second-order valence-corrected chi connectivity index (χ2v) is 10.5. The molecule has 3 heterocycles. The second-order valence-electron chi connectivity index (χ2n) is 10.5. The molecule has 1 saturated heterocycles. The number of nitrogens with zero attached hydrogens (tertiary/aromatic N) is 6. The van der Waals surface area contributed by atoms with E-state index in [-0.39, 0.29) is 5.75 Å². The first-order chi connectivity index (χ1) is 21.0. The Bertz CT molecular complexity index is 1640. The van der Waals surface area contributed by atoms with Crippen molar-refractivity contribution >= 4 is 40.1 Å². The minimum Gasteiger partial charge on any atom is -0.484 e. The highest BCUT2D eigenvalue weighted by molar-refractivity contribution is 5.83. The van der Waals surface area contributed by atoms with Crippen molar-refractivity contribution in [1.29, 1.82) is 0 Å². The largest absolute Gasteiger partial charge is 0.493 e. The number of piperazine rings is 1. The van der Waals surface area contributed by atoms with Gasteiger partial charge in [0, 0.05) is 48.9 Å². The van der Waals surface area contributed by atoms with Gasteiger partial charge in [0.15, 0.2) is 12.4 Å². The number of hydrogen-bond acceptors (Lipinski definition) is 10. The summed E-state index contributed by atoms with van der Waals surface area (Å²) in [6.45, 7) is 5.47. The molecule has 0 unspecified atom stereocenters. The van der Waals surface area contributed by atoms with Crippen molar-refractivity contribution in [2.75, 3.05) is 50.1 Å². The van der Waals surface area contributed by atoms with Crippen molar-refractivity contribution in [3.05, 3.63) is 54.7 Å². The molecule has 0 aliphatic carbocycles. The Hall–Kier alpha value is -4.92. The molecule has 1 amide bonds. The van der Waals surface area contributed by atoms with Gasteiger partial charge in [0.25, 0.3) is 5.91 Å². The van der Waals surface area contributed by atoms with E-state index in [1.165, 1.54) is 13.8 Å². The van der Waals surface area contributed by atoms with Crippen LogP contribution in [0, 0.1) is 0 Å². The van der Waals surface area contributed by atoms with Crippen LogP contribution in [0.4, 0.5) is 30.5 Å². The van der Waals surface area contributed by atoms with Crippen LogP contribution in [0.25, 0.3) is 22.3 Å². The molecular weight excluding hydrogens is 581 g/mol. The first-order valence-corrected chi connectivity index (χ1v) is 13.8. The van der Waals surface area contributed by atoms with Gasteiger partial charge < -0.3 is 24.7 Å². The Labute approximate surface area is 250 Å². The number of amides is 1. The molecule has 1 fully saturated rings. The lowest BCUT2D eigenvalue weighted by Crippen LogP contribution is -2.44. The second kappa shape index (κ2) is 12.8. The third-order valence-electron chi connectivity index (χ3n) is 6.83. The molecule has 2 aromatic carbocycles. The van der Waals surface area contributed by atoms with E-state index in [9.17, 15) is 22.8 Å². The van der Waals surface area contributed by atoms with Gasteiger partial charge in [0.1, 0.15) is 17.4 Å². The molecule has 2 N–H and O–H groups in total. The molecule has 0 saturated carbocycles. The number of H-pyrrole nitrogens is 1. The third kappa shape index (κ3) is 7.34. The van der Waals surface area contributed by atoms with Gasteiger partial charge in [-0.3, -0.25) is 9.89 Å². The first-order valence-electron chi connectivity index (χ1n) is 13.8. The number of hydroxylamine groups is 2. The highest BCUT2D eigenvalue weighted by Crippen LogP contribution is 2.28. The predicted molar refractivity (Wildman–Crippen MR) is 156 cm³/mol. The summed E-state index contributed by atoms with van der Waals surface area (Å²) in [4.78, 5) is 42.2. The van der Waals surface area contributed by atoms with Crippen molar-refractivity contribution < 1.29 is 32.3 Å². The van der Waals surface area contributed by atoms with E-state index in [0.717, 1.165) is 48.6 Å². The number of carbonyl (C=O) groups excluding carboxylic acids is 2. The number of carbonyl (C=O) groups is 2. The van der Waals surface area contributed by atoms with E-state index in [1.54, 1.807) is 30.5 Å². The summed E-state index contributed by atoms with van der Waals surface area (Å²) in [5.41, 5.74) is 2.30. The van der Waals surface area contributed by atoms with E-state index in [2.05, 4.69) is 37.2 Å². The Morgan fingerprint density at radius 2 is 1.84 bits per heavy atom. The maximum absolute atomic E-state index is 12.7. The zero-order valence-electron chi connectivity index (χ0n) is 24.3. The van der Waals surface area contributed by atoms with E-state index in [0.29, 0.717) is 22.3 Å². The van der Waals surface area contributed by atoms with Crippen molar-refractivity contribution in [3.8, 4) is 17.1 Å². The standard InChI is InChI=1S/C29H31F3N8O4/c1-18(2)40(44-28(42)29(30,31)32)26(41)17-43-22-6-4-5-19(14-22)27-35-24(15-25(36-27)39-11-9-38(3)10-12-39)34-21-7-8-23-20(13-21)16-33-37-23/h4-8,13-16,18H,9-12,17H2,1-3H3,(H,33,37)(H,34,35,36). The Morgan fingerprint density at radius 1 is 1.07 bits per heavy atom. The Balaban J connectivity index is 1.37. The van der Waals surface area contributed by atoms with Gasteiger partial charge in [-0.15, -0.1) is 0 Å². The van der Waals surface area contributed by atoms with Crippen LogP contribution in [0.2, 0.25) is 0 Å². The van der Waals surface area contributed by atoms with Gasteiger partial charge in [-0.1, -0.05) is 12.1 Å². The molecule has 44 heavy (non-hydrogen) atoms. The third-order valence-corrected chi connectivity index (χ3v) is 6.83. The zero-order valence-corrected chi connectivity index (χ0v) is 24.3. The molecular formula is C29H31F3N8O4. The summed E-state index contributed by atoms with van der Waals surface area (Å²) in [5, 5.41) is 11.6. The molecule has 0 bridgehead atoms. The van der Waals surface area contributed by atoms with Gasteiger partial charge >= 0.3 is 12.1 Å². The number of likely N-dealkylation sites (N-methyl/N-ethyl adjacent to an activating group) is 1. The number of aromatic nitrogens is 4. The van der Waals surface area contributed by atoms with Crippen LogP contribution < -0.4 is 15.0 Å². The van der Waals surface area contributed by atoms with Crippen LogP contribution in [0.15, 0.2) is 54.7 Å². The summed E-state index contributed by atoms with van der Waals surface area (Å²) in [7, 11) is 2.07. The molecule has 15 heteroatoms. The predicted octanol–water partition coefficient (Wildman–Crippen LogP) is 4.15. The average Bonchev–Trinajstić information content (AvgIpc) is 3.46. The number of alkyl halides is 3. The van der Waals surface area contributed by atoms with Gasteiger partial charge in [-0.05, 0) is 51.2 Å². The Kier molecular flexibility index (Phi) is 8.85. The van der Waals surface area contributed by atoms with E-state index in [4.69, 9.17) is 14.7 Å². The number of ether oxygens (including phenoxy) is 1. The summed E-state index contributed by atoms with van der Waals surface area (Å²) < 4.78 is 43.6. The first kappa shape index (κ1) is 30.5.